The van der Waals surface area contributed by atoms with Gasteiger partial charge in [0.1, 0.15) is 5.75 Å². The summed E-state index contributed by atoms with van der Waals surface area (Å²) in [5, 5.41) is 3.33. The summed E-state index contributed by atoms with van der Waals surface area (Å²) in [6, 6.07) is 7.46. The van der Waals surface area contributed by atoms with Crippen LogP contribution in [-0.4, -0.2) is 26.0 Å². The van der Waals surface area contributed by atoms with Crippen LogP contribution in [0.15, 0.2) is 24.3 Å². The van der Waals surface area contributed by atoms with Crippen molar-refractivity contribution < 1.29 is 9.53 Å². The van der Waals surface area contributed by atoms with E-state index >= 15 is 0 Å². The Kier molecular flexibility index (Phi) is 4.02. The van der Waals surface area contributed by atoms with Gasteiger partial charge in [-0.3, -0.25) is 4.79 Å². The lowest BCUT2D eigenvalue weighted by Crippen LogP contribution is -2.33. The highest BCUT2D eigenvalue weighted by Gasteiger charge is 2.40. The third kappa shape index (κ3) is 2.41. The van der Waals surface area contributed by atoms with Crippen molar-refractivity contribution in [3.05, 3.63) is 29.8 Å². The quantitative estimate of drug-likeness (QED) is 0.813. The van der Waals surface area contributed by atoms with Crippen LogP contribution in [-0.2, 0) is 0 Å². The number of ether oxygens (including phenoxy) is 1. The van der Waals surface area contributed by atoms with Crippen LogP contribution in [0, 0.1) is 5.41 Å². The molecule has 0 aliphatic carbocycles. The van der Waals surface area contributed by atoms with Gasteiger partial charge in [0.25, 0.3) is 0 Å². The Morgan fingerprint density at radius 1 is 1.39 bits per heavy atom. The maximum atomic E-state index is 12.7. The van der Waals surface area contributed by atoms with Gasteiger partial charge < -0.3 is 10.1 Å². The smallest absolute Gasteiger partial charge is 0.170 e. The van der Waals surface area contributed by atoms with E-state index in [0.717, 1.165) is 43.7 Å². The van der Waals surface area contributed by atoms with Crippen LogP contribution in [0.3, 0.4) is 0 Å². The van der Waals surface area contributed by atoms with Crippen molar-refractivity contribution in [1.82, 2.24) is 5.32 Å². The summed E-state index contributed by atoms with van der Waals surface area (Å²) in [7, 11) is 1.64. The Morgan fingerprint density at radius 2 is 2.11 bits per heavy atom. The van der Waals surface area contributed by atoms with Gasteiger partial charge in [0, 0.05) is 17.5 Å². The number of rotatable bonds is 5. The van der Waals surface area contributed by atoms with Crippen molar-refractivity contribution in [3.63, 3.8) is 0 Å². The van der Waals surface area contributed by atoms with E-state index in [9.17, 15) is 4.79 Å². The Balaban J connectivity index is 2.22. The second kappa shape index (κ2) is 5.53. The molecule has 1 aromatic rings. The summed E-state index contributed by atoms with van der Waals surface area (Å²) in [4.78, 5) is 12.7. The molecule has 1 aliphatic heterocycles. The van der Waals surface area contributed by atoms with Gasteiger partial charge in [-0.05, 0) is 43.7 Å². The van der Waals surface area contributed by atoms with Crippen molar-refractivity contribution in [3.8, 4) is 5.75 Å². The molecule has 98 valence electrons. The van der Waals surface area contributed by atoms with Gasteiger partial charge in [-0.2, -0.15) is 0 Å². The lowest BCUT2D eigenvalue weighted by atomic mass is 9.76. The number of hydrogen-bond donors (Lipinski definition) is 1. The second-order valence-corrected chi connectivity index (χ2v) is 5.01. The molecule has 0 aromatic heterocycles. The lowest BCUT2D eigenvalue weighted by Gasteiger charge is -2.26. The van der Waals surface area contributed by atoms with Gasteiger partial charge in [-0.15, -0.1) is 0 Å². The number of carbonyl (C=O) groups is 1. The Hall–Kier alpha value is -1.35. The molecular weight excluding hydrogens is 226 g/mol. The molecule has 2 rings (SSSR count). The molecule has 1 saturated heterocycles. The molecule has 1 aliphatic rings. The van der Waals surface area contributed by atoms with Gasteiger partial charge in [0.05, 0.1) is 7.11 Å². The van der Waals surface area contributed by atoms with E-state index < -0.39 is 0 Å². The minimum Gasteiger partial charge on any atom is -0.497 e. The first kappa shape index (κ1) is 13.1. The van der Waals surface area contributed by atoms with Crippen LogP contribution in [0.4, 0.5) is 0 Å². The minimum absolute atomic E-state index is 0.191. The molecular formula is C15H21NO2. The van der Waals surface area contributed by atoms with Crippen molar-refractivity contribution >= 4 is 5.78 Å². The van der Waals surface area contributed by atoms with E-state index in [-0.39, 0.29) is 11.2 Å². The fraction of sp³-hybridized carbons (Fsp3) is 0.533. The van der Waals surface area contributed by atoms with Crippen molar-refractivity contribution in [2.45, 2.75) is 26.2 Å². The molecule has 0 amide bonds. The Bertz CT molecular complexity index is 405. The zero-order chi connectivity index (χ0) is 13.0. The third-order valence-corrected chi connectivity index (χ3v) is 3.81. The first-order valence-electron chi connectivity index (χ1n) is 6.61. The molecule has 0 spiro atoms. The Labute approximate surface area is 109 Å². The van der Waals surface area contributed by atoms with Crippen molar-refractivity contribution in [1.29, 1.82) is 0 Å². The van der Waals surface area contributed by atoms with Gasteiger partial charge >= 0.3 is 0 Å². The fourth-order valence-corrected chi connectivity index (χ4v) is 2.79. The molecule has 3 heteroatoms. The maximum Gasteiger partial charge on any atom is 0.170 e. The van der Waals surface area contributed by atoms with E-state index in [2.05, 4.69) is 12.2 Å². The zero-order valence-corrected chi connectivity index (χ0v) is 11.2. The monoisotopic (exact) mass is 247 g/mol. The van der Waals surface area contributed by atoms with Gasteiger partial charge in [-0.25, -0.2) is 0 Å². The number of nitrogens with one attached hydrogen (secondary N) is 1. The number of ketones is 1. The van der Waals surface area contributed by atoms with Gasteiger partial charge in [0.2, 0.25) is 0 Å². The van der Waals surface area contributed by atoms with E-state index in [1.165, 1.54) is 0 Å². The van der Waals surface area contributed by atoms with Crippen molar-refractivity contribution in [2.75, 3.05) is 20.2 Å². The summed E-state index contributed by atoms with van der Waals surface area (Å²) >= 11 is 0. The number of Topliss-reactive ketones (excluding diaryl/α,β-unsaturated/α-hetero) is 1. The molecule has 1 aromatic carbocycles. The third-order valence-electron chi connectivity index (χ3n) is 3.81. The number of benzene rings is 1. The van der Waals surface area contributed by atoms with E-state index in [0.29, 0.717) is 0 Å². The summed E-state index contributed by atoms with van der Waals surface area (Å²) in [6.45, 7) is 3.90. The first-order valence-corrected chi connectivity index (χ1v) is 6.61. The molecule has 1 unspecified atom stereocenters. The van der Waals surface area contributed by atoms with E-state index in [4.69, 9.17) is 4.74 Å². The standard InChI is InChI=1S/C15H21NO2/c1-3-8-15(9-10-16-11-15)14(17)12-4-6-13(18-2)7-5-12/h4-7,16H,3,8-11H2,1-2H3. The first-order chi connectivity index (χ1) is 8.72. The Morgan fingerprint density at radius 3 is 2.61 bits per heavy atom. The van der Waals surface area contributed by atoms with Crippen LogP contribution >= 0.6 is 0 Å². The summed E-state index contributed by atoms with van der Waals surface area (Å²) in [6.07, 6.45) is 2.96. The van der Waals surface area contributed by atoms with Gasteiger partial charge in [-0.1, -0.05) is 13.3 Å². The minimum atomic E-state index is -0.191. The van der Waals surface area contributed by atoms with Crippen LogP contribution in [0.2, 0.25) is 0 Å². The SMILES string of the molecule is CCCC1(C(=O)c2ccc(OC)cc2)CCNC1. The number of hydrogen-bond acceptors (Lipinski definition) is 3. The molecule has 1 N–H and O–H groups in total. The number of carbonyl (C=O) groups excluding carboxylic acids is 1. The second-order valence-electron chi connectivity index (χ2n) is 5.01. The average molecular weight is 247 g/mol. The van der Waals surface area contributed by atoms with Crippen LogP contribution in [0.25, 0.3) is 0 Å². The lowest BCUT2D eigenvalue weighted by molar-refractivity contribution is 0.0802. The summed E-state index contributed by atoms with van der Waals surface area (Å²) in [5.74, 6) is 1.07. The normalized spacial score (nSPS) is 23.0. The predicted molar refractivity (Wildman–Crippen MR) is 72.2 cm³/mol. The largest absolute Gasteiger partial charge is 0.497 e. The summed E-state index contributed by atoms with van der Waals surface area (Å²) < 4.78 is 5.12. The summed E-state index contributed by atoms with van der Waals surface area (Å²) in [5.41, 5.74) is 0.608. The highest BCUT2D eigenvalue weighted by molar-refractivity contribution is 6.01. The highest BCUT2D eigenvalue weighted by atomic mass is 16.5. The molecule has 1 heterocycles. The van der Waals surface area contributed by atoms with Gasteiger partial charge in [0.15, 0.2) is 5.78 Å². The maximum absolute atomic E-state index is 12.7. The van der Waals surface area contributed by atoms with Crippen LogP contribution < -0.4 is 10.1 Å². The topological polar surface area (TPSA) is 38.3 Å². The number of methoxy groups -OCH3 is 1. The molecule has 0 saturated carbocycles. The van der Waals surface area contributed by atoms with E-state index in [1.807, 2.05) is 24.3 Å². The van der Waals surface area contributed by atoms with E-state index in [1.54, 1.807) is 7.11 Å². The molecule has 1 fully saturated rings. The predicted octanol–water partition coefficient (Wildman–Crippen LogP) is 2.66. The molecule has 3 nitrogen and oxygen atoms in total. The van der Waals surface area contributed by atoms with Crippen LogP contribution in [0.1, 0.15) is 36.5 Å². The average Bonchev–Trinajstić information content (AvgIpc) is 2.88. The van der Waals surface area contributed by atoms with Crippen molar-refractivity contribution in [2.24, 2.45) is 5.41 Å². The fourth-order valence-electron chi connectivity index (χ4n) is 2.79. The highest BCUT2D eigenvalue weighted by Crippen LogP contribution is 2.35. The zero-order valence-electron chi connectivity index (χ0n) is 11.2. The molecule has 18 heavy (non-hydrogen) atoms. The molecule has 0 bridgehead atoms. The molecule has 0 radical (unpaired) electrons. The molecule has 1 atom stereocenters. The van der Waals surface area contributed by atoms with Crippen LogP contribution in [0.5, 0.6) is 5.75 Å².